The molecule has 0 saturated carbocycles. The van der Waals surface area contributed by atoms with Gasteiger partial charge in [0.25, 0.3) is 5.91 Å². The number of ether oxygens (including phenoxy) is 1. The molecule has 4 rings (SSSR count). The average Bonchev–Trinajstić information content (AvgIpc) is 3.16. The molecule has 0 radical (unpaired) electrons. The van der Waals surface area contributed by atoms with Crippen molar-refractivity contribution in [2.24, 2.45) is 0 Å². The van der Waals surface area contributed by atoms with E-state index in [0.29, 0.717) is 10.9 Å². The smallest absolute Gasteiger partial charge is 0.257 e. The van der Waals surface area contributed by atoms with Crippen molar-refractivity contribution in [2.45, 2.75) is 18.3 Å². The van der Waals surface area contributed by atoms with Gasteiger partial charge in [0.1, 0.15) is 17.2 Å². The highest BCUT2D eigenvalue weighted by Gasteiger charge is 2.50. The highest BCUT2D eigenvalue weighted by molar-refractivity contribution is 7.99. The molecule has 2 heterocycles. The molecule has 0 bridgehead atoms. The summed E-state index contributed by atoms with van der Waals surface area (Å²) in [5.41, 5.74) is 3.17. The summed E-state index contributed by atoms with van der Waals surface area (Å²) in [7, 11) is 1.62. The third-order valence-corrected chi connectivity index (χ3v) is 6.31. The number of methoxy groups -OCH3 is 1. The molecular weight excluding hydrogens is 352 g/mol. The van der Waals surface area contributed by atoms with Gasteiger partial charge in [-0.25, -0.2) is 0 Å². The second kappa shape index (κ2) is 6.35. The third kappa shape index (κ3) is 2.69. The molecule has 2 atom stereocenters. The fourth-order valence-corrected chi connectivity index (χ4v) is 5.18. The number of fused-ring (bicyclic) bond motifs is 1. The molecule has 25 heavy (non-hydrogen) atoms. The van der Waals surface area contributed by atoms with Gasteiger partial charge < -0.3 is 9.64 Å². The molecule has 0 unspecified atom stereocenters. The second-order valence-corrected chi connectivity index (χ2v) is 7.66. The maximum absolute atomic E-state index is 13.0. The fourth-order valence-electron chi connectivity index (χ4n) is 3.26. The maximum atomic E-state index is 13.0. The zero-order chi connectivity index (χ0) is 17.6. The van der Waals surface area contributed by atoms with E-state index in [1.165, 1.54) is 11.1 Å². The van der Waals surface area contributed by atoms with E-state index in [4.69, 9.17) is 17.0 Å². The van der Waals surface area contributed by atoms with Crippen LogP contribution >= 0.6 is 24.0 Å². The number of thioether (sulfide) groups is 1. The Labute approximate surface area is 156 Å². The van der Waals surface area contributed by atoms with Gasteiger partial charge in [-0.15, -0.1) is 11.8 Å². The van der Waals surface area contributed by atoms with Crippen molar-refractivity contribution in [3.8, 4) is 5.75 Å². The average molecular weight is 370 g/mol. The lowest BCUT2D eigenvalue weighted by atomic mass is 10.1. The monoisotopic (exact) mass is 370 g/mol. The van der Waals surface area contributed by atoms with Crippen LogP contribution in [0.25, 0.3) is 0 Å². The van der Waals surface area contributed by atoms with E-state index in [-0.39, 0.29) is 17.3 Å². The van der Waals surface area contributed by atoms with Crippen LogP contribution in [-0.2, 0) is 4.79 Å². The van der Waals surface area contributed by atoms with Crippen LogP contribution < -0.4 is 9.64 Å². The number of amides is 1. The number of hydrogen-bond donors (Lipinski definition) is 0. The zero-order valence-electron chi connectivity index (χ0n) is 14.0. The normalized spacial score (nSPS) is 22.5. The summed E-state index contributed by atoms with van der Waals surface area (Å²) < 4.78 is 5.28. The first kappa shape index (κ1) is 16.4. The van der Waals surface area contributed by atoms with E-state index in [9.17, 15) is 4.79 Å². The predicted octanol–water partition coefficient (Wildman–Crippen LogP) is 3.75. The number of thiocarbonyl (C=S) groups is 1. The van der Waals surface area contributed by atoms with Crippen molar-refractivity contribution in [3.05, 3.63) is 59.7 Å². The maximum Gasteiger partial charge on any atom is 0.257 e. The van der Waals surface area contributed by atoms with E-state index in [0.717, 1.165) is 11.4 Å². The van der Waals surface area contributed by atoms with Gasteiger partial charge in [0.05, 0.1) is 12.8 Å². The molecular formula is C19H18N2O2S2. The SMILES string of the molecule is COc1cccc(N2C(=O)[C@@H]3CS[C@H](c4ccc(C)cc4)N3C2=S)c1. The molecule has 6 heteroatoms. The minimum atomic E-state index is -0.199. The number of anilines is 1. The minimum absolute atomic E-state index is 0.0420. The van der Waals surface area contributed by atoms with Crippen LogP contribution in [0.3, 0.4) is 0 Å². The molecule has 2 fully saturated rings. The van der Waals surface area contributed by atoms with Gasteiger partial charge in [-0.3, -0.25) is 9.69 Å². The van der Waals surface area contributed by atoms with Gasteiger partial charge in [-0.2, -0.15) is 0 Å². The summed E-state index contributed by atoms with van der Waals surface area (Å²) in [5.74, 6) is 1.50. The molecule has 0 N–H and O–H groups in total. The standard InChI is InChI=1S/C19H18N2O2S2/c1-12-6-8-13(9-7-12)18-21-16(11-25-18)17(22)20(19(21)24)14-4-3-5-15(10-14)23-2/h3-10,16,18H,11H2,1-2H3/t16-,18+/m0/s1. The summed E-state index contributed by atoms with van der Waals surface area (Å²) in [5, 5.41) is 0.650. The zero-order valence-corrected chi connectivity index (χ0v) is 15.6. The van der Waals surface area contributed by atoms with E-state index >= 15 is 0 Å². The van der Waals surface area contributed by atoms with Crippen molar-refractivity contribution in [2.75, 3.05) is 17.8 Å². The summed E-state index contributed by atoms with van der Waals surface area (Å²) in [6.45, 7) is 2.07. The molecule has 1 amide bonds. The lowest BCUT2D eigenvalue weighted by molar-refractivity contribution is -0.119. The van der Waals surface area contributed by atoms with Crippen LogP contribution in [0.15, 0.2) is 48.5 Å². The molecule has 4 nitrogen and oxygen atoms in total. The van der Waals surface area contributed by atoms with E-state index in [1.54, 1.807) is 23.8 Å². The van der Waals surface area contributed by atoms with Gasteiger partial charge >= 0.3 is 0 Å². The van der Waals surface area contributed by atoms with Crippen LogP contribution in [0.1, 0.15) is 16.5 Å². The van der Waals surface area contributed by atoms with Gasteiger partial charge in [-0.1, -0.05) is 35.9 Å². The number of carbonyl (C=O) groups is 1. The quantitative estimate of drug-likeness (QED) is 0.769. The second-order valence-electron chi connectivity index (χ2n) is 6.18. The highest BCUT2D eigenvalue weighted by Crippen LogP contribution is 2.46. The topological polar surface area (TPSA) is 32.8 Å². The first-order valence-electron chi connectivity index (χ1n) is 8.08. The fraction of sp³-hybridized carbons (Fsp3) is 0.263. The van der Waals surface area contributed by atoms with Crippen LogP contribution in [0.2, 0.25) is 0 Å². The van der Waals surface area contributed by atoms with Crippen molar-refractivity contribution in [3.63, 3.8) is 0 Å². The first-order valence-corrected chi connectivity index (χ1v) is 9.54. The van der Waals surface area contributed by atoms with Gasteiger partial charge in [0.2, 0.25) is 0 Å². The Balaban J connectivity index is 1.67. The molecule has 0 spiro atoms. The number of benzene rings is 2. The molecule has 2 aromatic rings. The van der Waals surface area contributed by atoms with Gasteiger partial charge in [0, 0.05) is 11.8 Å². The molecule has 2 aliphatic rings. The lowest BCUT2D eigenvalue weighted by Gasteiger charge is -2.25. The highest BCUT2D eigenvalue weighted by atomic mass is 32.2. The summed E-state index contributed by atoms with van der Waals surface area (Å²) >= 11 is 7.47. The molecule has 2 aromatic carbocycles. The molecule has 2 saturated heterocycles. The van der Waals surface area contributed by atoms with E-state index < -0.39 is 0 Å². The van der Waals surface area contributed by atoms with Crippen LogP contribution in [-0.4, -0.2) is 34.8 Å². The molecule has 2 aliphatic heterocycles. The Morgan fingerprint density at radius 2 is 1.96 bits per heavy atom. The summed E-state index contributed by atoms with van der Waals surface area (Å²) in [4.78, 5) is 16.7. The number of carbonyl (C=O) groups excluding carboxylic acids is 1. The largest absolute Gasteiger partial charge is 0.497 e. The third-order valence-electron chi connectivity index (χ3n) is 4.59. The first-order chi connectivity index (χ1) is 12.1. The molecule has 0 aliphatic carbocycles. The Bertz CT molecular complexity index is 838. The van der Waals surface area contributed by atoms with Crippen molar-refractivity contribution < 1.29 is 9.53 Å². The molecule has 0 aromatic heterocycles. The van der Waals surface area contributed by atoms with Crippen molar-refractivity contribution >= 4 is 40.7 Å². The Kier molecular flexibility index (Phi) is 4.17. The lowest BCUT2D eigenvalue weighted by Crippen LogP contribution is -2.33. The number of hydrogen-bond acceptors (Lipinski definition) is 4. The van der Waals surface area contributed by atoms with Crippen LogP contribution in [0.4, 0.5) is 5.69 Å². The van der Waals surface area contributed by atoms with E-state index in [2.05, 4.69) is 36.1 Å². The minimum Gasteiger partial charge on any atom is -0.497 e. The summed E-state index contributed by atoms with van der Waals surface area (Å²) in [6, 6.07) is 15.7. The van der Waals surface area contributed by atoms with Crippen LogP contribution in [0.5, 0.6) is 5.75 Å². The van der Waals surface area contributed by atoms with E-state index in [1.807, 2.05) is 24.3 Å². The van der Waals surface area contributed by atoms with Gasteiger partial charge in [-0.05, 0) is 36.8 Å². The Hall–Kier alpha value is -2.05. The Morgan fingerprint density at radius 3 is 2.68 bits per heavy atom. The Morgan fingerprint density at radius 1 is 1.20 bits per heavy atom. The molecule has 128 valence electrons. The number of rotatable bonds is 3. The predicted molar refractivity (Wildman–Crippen MR) is 105 cm³/mol. The van der Waals surface area contributed by atoms with Crippen molar-refractivity contribution in [1.29, 1.82) is 0 Å². The summed E-state index contributed by atoms with van der Waals surface area (Å²) in [6.07, 6.45) is 0. The van der Waals surface area contributed by atoms with Crippen molar-refractivity contribution in [1.82, 2.24) is 4.90 Å². The number of aryl methyl sites for hydroxylation is 1. The number of nitrogens with zero attached hydrogens (tertiary/aromatic N) is 2. The van der Waals surface area contributed by atoms with Crippen LogP contribution in [0, 0.1) is 6.92 Å². The van der Waals surface area contributed by atoms with Gasteiger partial charge in [0.15, 0.2) is 5.11 Å².